The van der Waals surface area contributed by atoms with Gasteiger partial charge in [-0.15, -0.1) is 0 Å². The molecule has 0 aliphatic carbocycles. The Labute approximate surface area is 98.6 Å². The Morgan fingerprint density at radius 3 is 2.89 bits per heavy atom. The molecule has 3 rings (SSSR count). The Balaban J connectivity index is 2.66. The summed E-state index contributed by atoms with van der Waals surface area (Å²) < 4.78 is 33.3. The molecule has 1 aromatic heterocycles. The first kappa shape index (κ1) is 10.9. The van der Waals surface area contributed by atoms with Gasteiger partial charge in [-0.2, -0.15) is 4.39 Å². The second-order valence-electron chi connectivity index (χ2n) is 4.19. The highest BCUT2D eigenvalue weighted by Gasteiger charge is 2.27. The third-order valence-corrected chi connectivity index (χ3v) is 2.98. The van der Waals surface area contributed by atoms with Gasteiger partial charge in [0.2, 0.25) is 5.82 Å². The molecule has 1 aromatic carbocycles. The molecule has 1 atom stereocenters. The second-order valence-corrected chi connectivity index (χ2v) is 4.19. The van der Waals surface area contributed by atoms with Crippen LogP contribution < -0.4 is 16.0 Å². The zero-order valence-electron chi connectivity index (χ0n) is 9.29. The smallest absolute Gasteiger partial charge is 0.329 e. The molecule has 0 saturated heterocycles. The molecule has 0 spiro atoms. The third kappa shape index (κ3) is 1.24. The van der Waals surface area contributed by atoms with E-state index in [1.165, 1.54) is 4.57 Å². The van der Waals surface area contributed by atoms with E-state index in [9.17, 15) is 18.4 Å². The van der Waals surface area contributed by atoms with Crippen molar-refractivity contribution in [1.29, 1.82) is 0 Å². The Morgan fingerprint density at radius 2 is 2.17 bits per heavy atom. The van der Waals surface area contributed by atoms with Crippen molar-refractivity contribution in [3.05, 3.63) is 38.5 Å². The summed E-state index contributed by atoms with van der Waals surface area (Å²) >= 11 is 0. The average Bonchev–Trinajstić information content (AvgIpc) is 2.31. The van der Waals surface area contributed by atoms with Crippen LogP contribution in [0.3, 0.4) is 0 Å². The highest BCUT2D eigenvalue weighted by Crippen LogP contribution is 2.33. The molecule has 1 aliphatic heterocycles. The van der Waals surface area contributed by atoms with Crippen LogP contribution in [0.1, 0.15) is 13.0 Å². The molecule has 5 nitrogen and oxygen atoms in total. The summed E-state index contributed by atoms with van der Waals surface area (Å²) in [5, 5.41) is -0.102. The van der Waals surface area contributed by atoms with Crippen molar-refractivity contribution in [2.75, 3.05) is 6.61 Å². The van der Waals surface area contributed by atoms with Crippen molar-refractivity contribution < 1.29 is 13.5 Å². The minimum absolute atomic E-state index is 0.00130. The van der Waals surface area contributed by atoms with Crippen molar-refractivity contribution in [3.63, 3.8) is 0 Å². The summed E-state index contributed by atoms with van der Waals surface area (Å²) in [4.78, 5) is 25.4. The van der Waals surface area contributed by atoms with Crippen LogP contribution in [0, 0.1) is 11.6 Å². The minimum atomic E-state index is -1.19. The number of benzene rings is 1. The van der Waals surface area contributed by atoms with Crippen LogP contribution >= 0.6 is 0 Å². The number of nitrogens with one attached hydrogen (secondary N) is 1. The van der Waals surface area contributed by atoms with Gasteiger partial charge < -0.3 is 4.74 Å². The van der Waals surface area contributed by atoms with Gasteiger partial charge in [-0.3, -0.25) is 14.3 Å². The summed E-state index contributed by atoms with van der Waals surface area (Å²) in [5.41, 5.74) is -1.42. The molecule has 1 aliphatic rings. The zero-order valence-corrected chi connectivity index (χ0v) is 9.29. The number of rotatable bonds is 0. The van der Waals surface area contributed by atoms with E-state index in [2.05, 4.69) is 4.98 Å². The molecule has 18 heavy (non-hydrogen) atoms. The lowest BCUT2D eigenvalue weighted by atomic mass is 10.1. The van der Waals surface area contributed by atoms with E-state index in [1.807, 2.05) is 0 Å². The van der Waals surface area contributed by atoms with Gasteiger partial charge in [0.1, 0.15) is 12.1 Å². The van der Waals surface area contributed by atoms with Crippen molar-refractivity contribution in [1.82, 2.24) is 9.55 Å². The van der Waals surface area contributed by atoms with E-state index in [0.29, 0.717) is 0 Å². The maximum Gasteiger partial charge on any atom is 0.329 e. The maximum absolute atomic E-state index is 13.6. The molecule has 0 fully saturated rings. The highest BCUT2D eigenvalue weighted by atomic mass is 19.2. The van der Waals surface area contributed by atoms with Gasteiger partial charge in [-0.1, -0.05) is 0 Å². The molecule has 2 aromatic rings. The number of ether oxygens (including phenoxy) is 1. The second kappa shape index (κ2) is 3.41. The third-order valence-electron chi connectivity index (χ3n) is 2.98. The summed E-state index contributed by atoms with van der Waals surface area (Å²) in [6.45, 7) is 1.72. The number of halogens is 2. The quantitative estimate of drug-likeness (QED) is 0.760. The van der Waals surface area contributed by atoms with Crippen LogP contribution in [0.25, 0.3) is 10.9 Å². The van der Waals surface area contributed by atoms with E-state index in [4.69, 9.17) is 4.74 Å². The minimum Gasteiger partial charge on any atom is -0.486 e. The van der Waals surface area contributed by atoms with E-state index in [-0.39, 0.29) is 29.3 Å². The van der Waals surface area contributed by atoms with E-state index in [0.717, 1.165) is 6.07 Å². The SMILES string of the molecule is CC1COc2c(F)c(F)cc3c(=O)[nH]c(=O)n1c23. The van der Waals surface area contributed by atoms with Crippen LogP contribution in [0.15, 0.2) is 15.7 Å². The number of hydrogen-bond acceptors (Lipinski definition) is 3. The number of nitrogens with zero attached hydrogens (tertiary/aromatic N) is 1. The molecular formula is C11H8F2N2O3. The molecule has 2 heterocycles. The molecular weight excluding hydrogens is 246 g/mol. The maximum atomic E-state index is 13.6. The van der Waals surface area contributed by atoms with Crippen LogP contribution in [0.5, 0.6) is 5.75 Å². The number of hydrogen-bond donors (Lipinski definition) is 1. The van der Waals surface area contributed by atoms with Crippen LogP contribution in [-0.4, -0.2) is 16.2 Å². The fourth-order valence-electron chi connectivity index (χ4n) is 2.16. The highest BCUT2D eigenvalue weighted by molar-refractivity contribution is 5.85. The molecule has 1 N–H and O–H groups in total. The lowest BCUT2D eigenvalue weighted by Crippen LogP contribution is -2.37. The largest absolute Gasteiger partial charge is 0.486 e. The van der Waals surface area contributed by atoms with Gasteiger partial charge in [0.05, 0.1) is 11.4 Å². The predicted octanol–water partition coefficient (Wildman–Crippen LogP) is 0.921. The van der Waals surface area contributed by atoms with Crippen molar-refractivity contribution in [2.24, 2.45) is 0 Å². The van der Waals surface area contributed by atoms with Crippen molar-refractivity contribution in [3.8, 4) is 5.75 Å². The Hall–Kier alpha value is -2.18. The van der Waals surface area contributed by atoms with E-state index >= 15 is 0 Å². The van der Waals surface area contributed by atoms with Gasteiger partial charge in [0.25, 0.3) is 5.56 Å². The topological polar surface area (TPSA) is 64.1 Å². The lowest BCUT2D eigenvalue weighted by Gasteiger charge is -2.25. The van der Waals surface area contributed by atoms with Crippen LogP contribution in [0.4, 0.5) is 8.78 Å². The first-order chi connectivity index (χ1) is 8.50. The summed E-state index contributed by atoms with van der Waals surface area (Å²) in [5.74, 6) is -2.75. The monoisotopic (exact) mass is 254 g/mol. The number of aromatic nitrogens is 2. The van der Waals surface area contributed by atoms with Crippen LogP contribution in [0.2, 0.25) is 0 Å². The Morgan fingerprint density at radius 1 is 1.44 bits per heavy atom. The average molecular weight is 254 g/mol. The molecule has 0 bridgehead atoms. The molecule has 0 radical (unpaired) electrons. The molecule has 7 heteroatoms. The van der Waals surface area contributed by atoms with E-state index in [1.54, 1.807) is 6.92 Å². The zero-order chi connectivity index (χ0) is 13.0. The summed E-state index contributed by atoms with van der Waals surface area (Å²) in [6.07, 6.45) is 0. The number of aromatic amines is 1. The van der Waals surface area contributed by atoms with Gasteiger partial charge in [-0.05, 0) is 13.0 Å². The Kier molecular flexibility index (Phi) is 2.07. The fourth-order valence-corrected chi connectivity index (χ4v) is 2.16. The van der Waals surface area contributed by atoms with Gasteiger partial charge in [0, 0.05) is 0 Å². The molecule has 0 saturated carbocycles. The first-order valence-corrected chi connectivity index (χ1v) is 5.30. The fraction of sp³-hybridized carbons (Fsp3) is 0.273. The van der Waals surface area contributed by atoms with E-state index < -0.39 is 22.9 Å². The van der Waals surface area contributed by atoms with Crippen molar-refractivity contribution >= 4 is 10.9 Å². The van der Waals surface area contributed by atoms with Gasteiger partial charge >= 0.3 is 5.69 Å². The van der Waals surface area contributed by atoms with Crippen LogP contribution in [-0.2, 0) is 0 Å². The molecule has 1 unspecified atom stereocenters. The summed E-state index contributed by atoms with van der Waals surface area (Å²) in [7, 11) is 0. The molecule has 94 valence electrons. The first-order valence-electron chi connectivity index (χ1n) is 5.30. The Bertz CT molecular complexity index is 778. The lowest BCUT2D eigenvalue weighted by molar-refractivity contribution is 0.230. The molecule has 0 amide bonds. The summed E-state index contributed by atoms with van der Waals surface area (Å²) in [6, 6.07) is 0.402. The van der Waals surface area contributed by atoms with Crippen molar-refractivity contribution in [2.45, 2.75) is 13.0 Å². The predicted molar refractivity (Wildman–Crippen MR) is 59.0 cm³/mol. The standard InChI is InChI=1S/C11H8F2N2O3/c1-4-3-18-9-7(13)6(12)2-5-8(9)15(4)11(17)14-10(5)16/h2,4H,3H2,1H3,(H,14,16,17). The normalized spacial score (nSPS) is 17.8. The van der Waals surface area contributed by atoms with Gasteiger partial charge in [-0.25, -0.2) is 9.18 Å². The number of H-pyrrole nitrogens is 1. The van der Waals surface area contributed by atoms with Gasteiger partial charge in [0.15, 0.2) is 11.6 Å².